The Kier molecular flexibility index (Phi) is 8.13. The normalized spacial score (nSPS) is 12.1. The third-order valence-corrected chi connectivity index (χ3v) is 2.11. The first-order valence-corrected chi connectivity index (χ1v) is 5.15. The van der Waals surface area contributed by atoms with Gasteiger partial charge in [0.25, 0.3) is 0 Å². The highest BCUT2D eigenvalue weighted by atomic mass is 16.1. The van der Waals surface area contributed by atoms with Crippen LogP contribution in [-0.2, 0) is 9.59 Å². The Labute approximate surface area is 85.2 Å². The molecular weight excluding hydrogens is 180 g/mol. The molecule has 82 valence electrons. The van der Waals surface area contributed by atoms with Gasteiger partial charge in [0.05, 0.1) is 0 Å². The molecule has 3 N–H and O–H groups in total. The standard InChI is InChI=1S/C10H20N2O2/c1-2-4-9(7-11)8-12-10(14)5-3-6-13/h6,9H,2-5,7-8,11H2,1H3,(H,12,14). The fourth-order valence-electron chi connectivity index (χ4n) is 1.25. The van der Waals surface area contributed by atoms with E-state index in [-0.39, 0.29) is 12.3 Å². The topological polar surface area (TPSA) is 72.2 Å². The number of rotatable bonds is 8. The van der Waals surface area contributed by atoms with Crippen molar-refractivity contribution >= 4 is 12.2 Å². The predicted octanol–water partition coefficient (Wildman–Crippen LogP) is 0.457. The number of carbonyl (C=O) groups is 2. The van der Waals surface area contributed by atoms with Gasteiger partial charge in [-0.25, -0.2) is 0 Å². The van der Waals surface area contributed by atoms with E-state index in [1.165, 1.54) is 0 Å². The summed E-state index contributed by atoms with van der Waals surface area (Å²) in [6.07, 6.45) is 3.45. The molecule has 4 heteroatoms. The zero-order valence-electron chi connectivity index (χ0n) is 8.79. The molecule has 0 aliphatic heterocycles. The maximum atomic E-state index is 11.1. The van der Waals surface area contributed by atoms with Crippen LogP contribution in [0, 0.1) is 5.92 Å². The number of aldehydes is 1. The van der Waals surface area contributed by atoms with Crippen molar-refractivity contribution in [2.75, 3.05) is 13.1 Å². The van der Waals surface area contributed by atoms with Crippen LogP contribution in [-0.4, -0.2) is 25.3 Å². The molecule has 0 saturated heterocycles. The van der Waals surface area contributed by atoms with E-state index < -0.39 is 0 Å². The van der Waals surface area contributed by atoms with Crippen molar-refractivity contribution < 1.29 is 9.59 Å². The summed E-state index contributed by atoms with van der Waals surface area (Å²) in [7, 11) is 0. The zero-order chi connectivity index (χ0) is 10.8. The molecule has 4 nitrogen and oxygen atoms in total. The number of nitrogens with two attached hydrogens (primary N) is 1. The molecule has 1 atom stereocenters. The molecule has 0 aromatic rings. The van der Waals surface area contributed by atoms with Crippen molar-refractivity contribution in [1.29, 1.82) is 0 Å². The van der Waals surface area contributed by atoms with Gasteiger partial charge in [0.1, 0.15) is 6.29 Å². The fourth-order valence-corrected chi connectivity index (χ4v) is 1.25. The molecule has 0 aromatic carbocycles. The summed E-state index contributed by atoms with van der Waals surface area (Å²) in [5, 5.41) is 2.78. The van der Waals surface area contributed by atoms with Crippen LogP contribution in [0.2, 0.25) is 0 Å². The summed E-state index contributed by atoms with van der Waals surface area (Å²) < 4.78 is 0. The Morgan fingerprint density at radius 1 is 1.57 bits per heavy atom. The first-order chi connectivity index (χ1) is 6.74. The average Bonchev–Trinajstić information content (AvgIpc) is 2.21. The maximum absolute atomic E-state index is 11.1. The third kappa shape index (κ3) is 6.60. The first-order valence-electron chi connectivity index (χ1n) is 5.15. The Hall–Kier alpha value is -0.900. The van der Waals surface area contributed by atoms with Crippen LogP contribution >= 0.6 is 0 Å². The summed E-state index contributed by atoms with van der Waals surface area (Å²) in [4.78, 5) is 21.1. The van der Waals surface area contributed by atoms with E-state index in [2.05, 4.69) is 12.2 Å². The number of nitrogens with one attached hydrogen (secondary N) is 1. The van der Waals surface area contributed by atoms with Crippen molar-refractivity contribution in [3.63, 3.8) is 0 Å². The quantitative estimate of drug-likeness (QED) is 0.559. The lowest BCUT2D eigenvalue weighted by atomic mass is 10.0. The van der Waals surface area contributed by atoms with Gasteiger partial charge in [0, 0.05) is 19.4 Å². The van der Waals surface area contributed by atoms with Gasteiger partial charge in [-0.05, 0) is 18.9 Å². The molecule has 0 radical (unpaired) electrons. The molecule has 0 heterocycles. The van der Waals surface area contributed by atoms with Gasteiger partial charge in [0.2, 0.25) is 5.91 Å². The van der Waals surface area contributed by atoms with E-state index >= 15 is 0 Å². The van der Waals surface area contributed by atoms with Crippen molar-refractivity contribution in [2.45, 2.75) is 32.6 Å². The largest absolute Gasteiger partial charge is 0.356 e. The molecule has 0 rings (SSSR count). The van der Waals surface area contributed by atoms with Gasteiger partial charge in [-0.2, -0.15) is 0 Å². The van der Waals surface area contributed by atoms with Crippen LogP contribution in [0.1, 0.15) is 32.6 Å². The highest BCUT2D eigenvalue weighted by molar-refractivity contribution is 5.77. The van der Waals surface area contributed by atoms with Crippen LogP contribution in [0.5, 0.6) is 0 Å². The second-order valence-electron chi connectivity index (χ2n) is 3.40. The lowest BCUT2D eigenvalue weighted by molar-refractivity contribution is -0.122. The van der Waals surface area contributed by atoms with Crippen molar-refractivity contribution in [3.05, 3.63) is 0 Å². The third-order valence-electron chi connectivity index (χ3n) is 2.11. The minimum absolute atomic E-state index is 0.0633. The second kappa shape index (κ2) is 8.69. The van der Waals surface area contributed by atoms with Crippen LogP contribution in [0.15, 0.2) is 0 Å². The summed E-state index contributed by atoms with van der Waals surface area (Å²) in [6.45, 7) is 3.32. The van der Waals surface area contributed by atoms with E-state index in [0.717, 1.165) is 19.1 Å². The maximum Gasteiger partial charge on any atom is 0.220 e. The highest BCUT2D eigenvalue weighted by Gasteiger charge is 2.07. The highest BCUT2D eigenvalue weighted by Crippen LogP contribution is 2.02. The second-order valence-corrected chi connectivity index (χ2v) is 3.40. The summed E-state index contributed by atoms with van der Waals surface area (Å²) in [5.41, 5.74) is 5.54. The number of carbonyl (C=O) groups excluding carboxylic acids is 2. The summed E-state index contributed by atoms with van der Waals surface area (Å²) in [6, 6.07) is 0. The Balaban J connectivity index is 3.56. The molecule has 0 aliphatic carbocycles. The summed E-state index contributed by atoms with van der Waals surface area (Å²) in [5.74, 6) is 0.298. The van der Waals surface area contributed by atoms with Gasteiger partial charge in [-0.3, -0.25) is 4.79 Å². The van der Waals surface area contributed by atoms with Crippen molar-refractivity contribution in [2.24, 2.45) is 11.7 Å². The molecule has 0 spiro atoms. The van der Waals surface area contributed by atoms with E-state index in [9.17, 15) is 9.59 Å². The molecule has 1 unspecified atom stereocenters. The van der Waals surface area contributed by atoms with E-state index in [4.69, 9.17) is 5.73 Å². The van der Waals surface area contributed by atoms with E-state index in [1.807, 2.05) is 0 Å². The first kappa shape index (κ1) is 13.1. The molecule has 0 bridgehead atoms. The van der Waals surface area contributed by atoms with E-state index in [0.29, 0.717) is 25.4 Å². The number of amides is 1. The number of hydrogen-bond donors (Lipinski definition) is 2. The zero-order valence-corrected chi connectivity index (χ0v) is 8.79. The molecule has 0 fully saturated rings. The lowest BCUT2D eigenvalue weighted by Crippen LogP contribution is -2.32. The van der Waals surface area contributed by atoms with Gasteiger partial charge in [-0.15, -0.1) is 0 Å². The Morgan fingerprint density at radius 2 is 2.29 bits per heavy atom. The van der Waals surface area contributed by atoms with Crippen LogP contribution in [0.25, 0.3) is 0 Å². The van der Waals surface area contributed by atoms with Crippen molar-refractivity contribution in [1.82, 2.24) is 5.32 Å². The van der Waals surface area contributed by atoms with E-state index in [1.54, 1.807) is 0 Å². The minimum Gasteiger partial charge on any atom is -0.356 e. The molecule has 14 heavy (non-hydrogen) atoms. The Bertz CT molecular complexity index is 172. The average molecular weight is 200 g/mol. The van der Waals surface area contributed by atoms with Crippen LogP contribution in [0.4, 0.5) is 0 Å². The van der Waals surface area contributed by atoms with Crippen LogP contribution < -0.4 is 11.1 Å². The van der Waals surface area contributed by atoms with Gasteiger partial charge in [-0.1, -0.05) is 13.3 Å². The minimum atomic E-state index is -0.0633. The molecule has 1 amide bonds. The van der Waals surface area contributed by atoms with Gasteiger partial charge >= 0.3 is 0 Å². The Morgan fingerprint density at radius 3 is 2.79 bits per heavy atom. The molecule has 0 aliphatic rings. The van der Waals surface area contributed by atoms with Crippen molar-refractivity contribution in [3.8, 4) is 0 Å². The smallest absolute Gasteiger partial charge is 0.220 e. The molecular formula is C10H20N2O2. The lowest BCUT2D eigenvalue weighted by Gasteiger charge is -2.13. The number of hydrogen-bond acceptors (Lipinski definition) is 3. The monoisotopic (exact) mass is 200 g/mol. The molecule has 0 aromatic heterocycles. The SMILES string of the molecule is CCCC(CN)CNC(=O)CCC=O. The van der Waals surface area contributed by atoms with Gasteiger partial charge in [0.15, 0.2) is 0 Å². The fraction of sp³-hybridized carbons (Fsp3) is 0.800. The van der Waals surface area contributed by atoms with Gasteiger partial charge < -0.3 is 15.8 Å². The molecule has 0 saturated carbocycles. The van der Waals surface area contributed by atoms with Crippen LogP contribution in [0.3, 0.4) is 0 Å². The summed E-state index contributed by atoms with van der Waals surface area (Å²) >= 11 is 0. The predicted molar refractivity (Wildman–Crippen MR) is 55.8 cm³/mol.